The maximum atomic E-state index is 12.2. The highest BCUT2D eigenvalue weighted by Gasteiger charge is 2.27. The molecule has 22 heavy (non-hydrogen) atoms. The first kappa shape index (κ1) is 14.3. The Kier molecular flexibility index (Phi) is 4.14. The summed E-state index contributed by atoms with van der Waals surface area (Å²) in [5.41, 5.74) is 0.691. The van der Waals surface area contributed by atoms with Crippen molar-refractivity contribution < 1.29 is 19.0 Å². The van der Waals surface area contributed by atoms with Crippen LogP contribution in [-0.4, -0.2) is 25.2 Å². The van der Waals surface area contributed by atoms with Crippen molar-refractivity contribution in [2.45, 2.75) is 13.0 Å². The zero-order valence-electron chi connectivity index (χ0n) is 12.2. The van der Waals surface area contributed by atoms with E-state index >= 15 is 0 Å². The fraction of sp³-hybridized carbons (Fsp3) is 0.235. The van der Waals surface area contributed by atoms with Crippen LogP contribution in [0.2, 0.25) is 0 Å². The lowest BCUT2D eigenvalue weighted by Gasteiger charge is -2.25. The topological polar surface area (TPSA) is 56.8 Å². The Balaban J connectivity index is 1.63. The van der Waals surface area contributed by atoms with E-state index in [1.54, 1.807) is 18.2 Å². The molecule has 2 aromatic carbocycles. The number of carbonyl (C=O) groups excluding carboxylic acids is 1. The van der Waals surface area contributed by atoms with Crippen molar-refractivity contribution in [3.8, 4) is 17.2 Å². The number of hydrogen-bond acceptors (Lipinski definition) is 4. The van der Waals surface area contributed by atoms with Crippen LogP contribution in [0.5, 0.6) is 17.2 Å². The van der Waals surface area contributed by atoms with E-state index in [0.717, 1.165) is 5.75 Å². The predicted molar refractivity (Wildman–Crippen MR) is 82.6 cm³/mol. The van der Waals surface area contributed by atoms with Crippen LogP contribution in [0.4, 0.5) is 5.69 Å². The molecule has 0 saturated carbocycles. The summed E-state index contributed by atoms with van der Waals surface area (Å²) < 4.78 is 16.6. The Bertz CT molecular complexity index is 654. The number of amides is 1. The minimum absolute atomic E-state index is 0.194. The van der Waals surface area contributed by atoms with E-state index in [1.807, 2.05) is 37.3 Å². The standard InChI is InChI=1S/C17H17NO4/c1-2-20-13-9-7-12(8-10-13)18-17(19)16-11-21-14-5-3-4-6-15(14)22-16/h3-10,16H,2,11H2,1H3,(H,18,19)/t16-/m0/s1. The van der Waals surface area contributed by atoms with Crippen molar-refractivity contribution in [1.82, 2.24) is 0 Å². The first-order valence-electron chi connectivity index (χ1n) is 7.18. The molecule has 0 saturated heterocycles. The lowest BCUT2D eigenvalue weighted by atomic mass is 10.2. The zero-order chi connectivity index (χ0) is 15.4. The molecule has 0 aromatic heterocycles. The number of rotatable bonds is 4. The number of para-hydroxylation sites is 2. The average Bonchev–Trinajstić information content (AvgIpc) is 2.56. The number of carbonyl (C=O) groups is 1. The van der Waals surface area contributed by atoms with Crippen LogP contribution in [-0.2, 0) is 4.79 Å². The van der Waals surface area contributed by atoms with Crippen LogP contribution in [0.25, 0.3) is 0 Å². The smallest absolute Gasteiger partial charge is 0.269 e. The Hall–Kier alpha value is -2.69. The van der Waals surface area contributed by atoms with Crippen molar-refractivity contribution in [1.29, 1.82) is 0 Å². The monoisotopic (exact) mass is 299 g/mol. The zero-order valence-corrected chi connectivity index (χ0v) is 12.2. The molecule has 2 aromatic rings. The van der Waals surface area contributed by atoms with Gasteiger partial charge in [-0.25, -0.2) is 0 Å². The van der Waals surface area contributed by atoms with E-state index < -0.39 is 6.10 Å². The normalized spacial score (nSPS) is 16.0. The largest absolute Gasteiger partial charge is 0.494 e. The molecule has 0 spiro atoms. The van der Waals surface area contributed by atoms with Crippen molar-refractivity contribution in [3.63, 3.8) is 0 Å². The Morgan fingerprint density at radius 3 is 2.64 bits per heavy atom. The minimum Gasteiger partial charge on any atom is -0.494 e. The van der Waals surface area contributed by atoms with Crippen LogP contribution in [0.1, 0.15) is 6.92 Å². The SMILES string of the molecule is CCOc1ccc(NC(=O)[C@@H]2COc3ccccc3O2)cc1. The van der Waals surface area contributed by atoms with Crippen LogP contribution in [0, 0.1) is 0 Å². The molecular weight excluding hydrogens is 282 g/mol. The second-order valence-corrected chi connectivity index (χ2v) is 4.81. The molecule has 114 valence electrons. The van der Waals surface area contributed by atoms with Gasteiger partial charge in [0.2, 0.25) is 6.10 Å². The average molecular weight is 299 g/mol. The van der Waals surface area contributed by atoms with E-state index in [2.05, 4.69) is 5.32 Å². The van der Waals surface area contributed by atoms with E-state index in [1.165, 1.54) is 0 Å². The van der Waals surface area contributed by atoms with E-state index in [9.17, 15) is 4.79 Å². The maximum absolute atomic E-state index is 12.2. The quantitative estimate of drug-likeness (QED) is 0.943. The summed E-state index contributed by atoms with van der Waals surface area (Å²) in [4.78, 5) is 12.2. The molecule has 0 bridgehead atoms. The summed E-state index contributed by atoms with van der Waals surface area (Å²) in [6.07, 6.45) is -0.665. The fourth-order valence-corrected chi connectivity index (χ4v) is 2.17. The number of ether oxygens (including phenoxy) is 3. The van der Waals surface area contributed by atoms with Crippen LogP contribution in [0.3, 0.4) is 0 Å². The molecule has 0 unspecified atom stereocenters. The van der Waals surface area contributed by atoms with Crippen molar-refractivity contribution in [3.05, 3.63) is 48.5 Å². The lowest BCUT2D eigenvalue weighted by Crippen LogP contribution is -2.40. The van der Waals surface area contributed by atoms with Crippen molar-refractivity contribution >= 4 is 11.6 Å². The van der Waals surface area contributed by atoms with Gasteiger partial charge < -0.3 is 19.5 Å². The molecule has 5 nitrogen and oxygen atoms in total. The van der Waals surface area contributed by atoms with E-state index in [0.29, 0.717) is 23.8 Å². The van der Waals surface area contributed by atoms with Gasteiger partial charge in [0.15, 0.2) is 11.5 Å². The minimum atomic E-state index is -0.665. The van der Waals surface area contributed by atoms with Gasteiger partial charge in [-0.15, -0.1) is 0 Å². The summed E-state index contributed by atoms with van der Waals surface area (Å²) >= 11 is 0. The molecule has 1 heterocycles. The third-order valence-corrected chi connectivity index (χ3v) is 3.23. The molecule has 1 aliphatic rings. The van der Waals surface area contributed by atoms with Crippen LogP contribution >= 0.6 is 0 Å². The van der Waals surface area contributed by atoms with Gasteiger partial charge in [-0.2, -0.15) is 0 Å². The molecule has 1 amide bonds. The van der Waals surface area contributed by atoms with Gasteiger partial charge in [0, 0.05) is 5.69 Å². The summed E-state index contributed by atoms with van der Waals surface area (Å²) in [5, 5.41) is 2.81. The van der Waals surface area contributed by atoms with Gasteiger partial charge in [0.1, 0.15) is 12.4 Å². The van der Waals surface area contributed by atoms with Gasteiger partial charge in [-0.3, -0.25) is 4.79 Å². The van der Waals surface area contributed by atoms with E-state index in [4.69, 9.17) is 14.2 Å². The Morgan fingerprint density at radius 1 is 1.18 bits per heavy atom. The number of benzene rings is 2. The van der Waals surface area contributed by atoms with Crippen molar-refractivity contribution in [2.75, 3.05) is 18.5 Å². The summed E-state index contributed by atoms with van der Waals surface area (Å²) in [6, 6.07) is 14.5. The summed E-state index contributed by atoms with van der Waals surface area (Å²) in [6.45, 7) is 2.73. The molecule has 1 atom stereocenters. The summed E-state index contributed by atoms with van der Waals surface area (Å²) in [7, 11) is 0. The fourth-order valence-electron chi connectivity index (χ4n) is 2.17. The highest BCUT2D eigenvalue weighted by molar-refractivity contribution is 5.94. The molecule has 5 heteroatoms. The predicted octanol–water partition coefficient (Wildman–Crippen LogP) is 2.86. The van der Waals surface area contributed by atoms with Gasteiger partial charge in [0.05, 0.1) is 6.61 Å². The number of hydrogen-bond donors (Lipinski definition) is 1. The number of fused-ring (bicyclic) bond motifs is 1. The van der Waals surface area contributed by atoms with Gasteiger partial charge in [0.25, 0.3) is 5.91 Å². The molecule has 1 N–H and O–H groups in total. The molecule has 1 aliphatic heterocycles. The molecule has 0 aliphatic carbocycles. The summed E-state index contributed by atoms with van der Waals surface area (Å²) in [5.74, 6) is 1.78. The Labute approximate surface area is 128 Å². The van der Waals surface area contributed by atoms with Crippen LogP contribution in [0.15, 0.2) is 48.5 Å². The van der Waals surface area contributed by atoms with E-state index in [-0.39, 0.29) is 12.5 Å². The number of anilines is 1. The van der Waals surface area contributed by atoms with Gasteiger partial charge in [-0.1, -0.05) is 12.1 Å². The Morgan fingerprint density at radius 2 is 1.91 bits per heavy atom. The first-order valence-corrected chi connectivity index (χ1v) is 7.18. The second kappa shape index (κ2) is 6.39. The number of nitrogens with one attached hydrogen (secondary N) is 1. The maximum Gasteiger partial charge on any atom is 0.269 e. The highest BCUT2D eigenvalue weighted by atomic mass is 16.6. The van der Waals surface area contributed by atoms with Crippen molar-refractivity contribution in [2.24, 2.45) is 0 Å². The molecule has 3 rings (SSSR count). The third kappa shape index (κ3) is 3.14. The van der Waals surface area contributed by atoms with Crippen LogP contribution < -0.4 is 19.5 Å². The lowest BCUT2D eigenvalue weighted by molar-refractivity contribution is -0.125. The molecule has 0 radical (unpaired) electrons. The second-order valence-electron chi connectivity index (χ2n) is 4.81. The first-order chi connectivity index (χ1) is 10.8. The molecular formula is C17H17NO4. The highest BCUT2D eigenvalue weighted by Crippen LogP contribution is 2.31. The molecule has 0 fully saturated rings. The van der Waals surface area contributed by atoms with Gasteiger partial charge in [-0.05, 0) is 43.3 Å². The van der Waals surface area contributed by atoms with Gasteiger partial charge >= 0.3 is 0 Å². The third-order valence-electron chi connectivity index (χ3n) is 3.23.